The van der Waals surface area contributed by atoms with Gasteiger partial charge in [0.1, 0.15) is 24.3 Å². The molecule has 1 aliphatic rings. The van der Waals surface area contributed by atoms with Crippen LogP contribution in [0.15, 0.2) is 66.7 Å². The van der Waals surface area contributed by atoms with Gasteiger partial charge in [-0.2, -0.15) is 8.78 Å². The Balaban J connectivity index is 1.30. The third kappa shape index (κ3) is 5.58. The van der Waals surface area contributed by atoms with E-state index in [1.807, 2.05) is 48.5 Å². The Morgan fingerprint density at radius 1 is 0.971 bits per heavy atom. The van der Waals surface area contributed by atoms with E-state index in [-0.39, 0.29) is 31.1 Å². The number of alkyl carbamates (subject to hydrolysis) is 1. The molecule has 1 amide bonds. The molecule has 6 nitrogen and oxygen atoms in total. The SMILES string of the molecule is O=C(NCCC(O)C(O)c1ccc(F)cc1OC(F)F)OCC1c2ccccc2-c2ccccc21. The Morgan fingerprint density at radius 3 is 2.23 bits per heavy atom. The highest BCUT2D eigenvalue weighted by Crippen LogP contribution is 2.44. The average molecular weight is 487 g/mol. The van der Waals surface area contributed by atoms with E-state index in [2.05, 4.69) is 10.1 Å². The molecule has 0 saturated heterocycles. The first-order valence-electron chi connectivity index (χ1n) is 11.0. The molecule has 0 radical (unpaired) electrons. The summed E-state index contributed by atoms with van der Waals surface area (Å²) in [6.45, 7) is -3.16. The molecule has 9 heteroatoms. The zero-order valence-corrected chi connectivity index (χ0v) is 18.5. The van der Waals surface area contributed by atoms with E-state index >= 15 is 0 Å². The zero-order valence-electron chi connectivity index (χ0n) is 18.5. The van der Waals surface area contributed by atoms with Crippen molar-refractivity contribution in [2.45, 2.75) is 31.2 Å². The number of aliphatic hydroxyl groups excluding tert-OH is 2. The summed E-state index contributed by atoms with van der Waals surface area (Å²) in [5.41, 5.74) is 4.15. The second-order valence-corrected chi connectivity index (χ2v) is 8.11. The Labute approximate surface area is 199 Å². The maximum atomic E-state index is 13.4. The van der Waals surface area contributed by atoms with Crippen LogP contribution in [-0.2, 0) is 4.74 Å². The molecule has 0 heterocycles. The van der Waals surface area contributed by atoms with Crippen molar-refractivity contribution >= 4 is 6.09 Å². The van der Waals surface area contributed by atoms with Gasteiger partial charge in [0.25, 0.3) is 0 Å². The van der Waals surface area contributed by atoms with Crippen LogP contribution in [0.2, 0.25) is 0 Å². The number of hydrogen-bond donors (Lipinski definition) is 3. The lowest BCUT2D eigenvalue weighted by Crippen LogP contribution is -2.30. The van der Waals surface area contributed by atoms with Crippen molar-refractivity contribution in [1.29, 1.82) is 0 Å². The van der Waals surface area contributed by atoms with Gasteiger partial charge in [0.15, 0.2) is 0 Å². The molecule has 0 saturated carbocycles. The van der Waals surface area contributed by atoms with Crippen LogP contribution in [0.25, 0.3) is 11.1 Å². The van der Waals surface area contributed by atoms with Crippen LogP contribution < -0.4 is 10.1 Å². The minimum absolute atomic E-state index is 0.0544. The van der Waals surface area contributed by atoms with Crippen LogP contribution in [0.3, 0.4) is 0 Å². The largest absolute Gasteiger partial charge is 0.449 e. The number of halogens is 3. The van der Waals surface area contributed by atoms with Gasteiger partial charge in [-0.15, -0.1) is 0 Å². The van der Waals surface area contributed by atoms with Crippen LogP contribution in [-0.4, -0.2) is 42.2 Å². The van der Waals surface area contributed by atoms with Crippen LogP contribution in [0.4, 0.5) is 18.0 Å². The maximum Gasteiger partial charge on any atom is 0.407 e. The van der Waals surface area contributed by atoms with Crippen LogP contribution in [0.5, 0.6) is 5.75 Å². The first kappa shape index (κ1) is 24.6. The minimum Gasteiger partial charge on any atom is -0.449 e. The lowest BCUT2D eigenvalue weighted by Gasteiger charge is -2.21. The Morgan fingerprint density at radius 2 is 1.60 bits per heavy atom. The van der Waals surface area contributed by atoms with E-state index in [1.54, 1.807) is 0 Å². The molecule has 0 spiro atoms. The Kier molecular flexibility index (Phi) is 7.57. The molecule has 0 fully saturated rings. The fourth-order valence-electron chi connectivity index (χ4n) is 4.29. The molecule has 4 rings (SSSR count). The van der Waals surface area contributed by atoms with Gasteiger partial charge in [-0.05, 0) is 40.8 Å². The number of amides is 1. The lowest BCUT2D eigenvalue weighted by atomic mass is 9.98. The third-order valence-corrected chi connectivity index (χ3v) is 5.93. The molecule has 0 aromatic heterocycles. The number of carbonyl (C=O) groups excluding carboxylic acids is 1. The molecule has 1 aliphatic carbocycles. The minimum atomic E-state index is -3.23. The number of benzene rings is 3. The second-order valence-electron chi connectivity index (χ2n) is 8.11. The molecular weight excluding hydrogens is 463 g/mol. The summed E-state index contributed by atoms with van der Waals surface area (Å²) in [7, 11) is 0. The third-order valence-electron chi connectivity index (χ3n) is 5.93. The van der Waals surface area contributed by atoms with Crippen LogP contribution in [0, 0.1) is 5.82 Å². The van der Waals surface area contributed by atoms with Gasteiger partial charge < -0.3 is 25.0 Å². The number of ether oxygens (including phenoxy) is 2. The molecule has 0 bridgehead atoms. The van der Waals surface area contributed by atoms with Gasteiger partial charge in [0.05, 0.1) is 6.10 Å². The average Bonchev–Trinajstić information content (AvgIpc) is 3.16. The zero-order chi connectivity index (χ0) is 24.9. The van der Waals surface area contributed by atoms with Crippen molar-refractivity contribution < 1.29 is 37.7 Å². The number of fused-ring (bicyclic) bond motifs is 3. The number of aliphatic hydroxyl groups is 2. The molecule has 3 aromatic rings. The summed E-state index contributed by atoms with van der Waals surface area (Å²) in [6.07, 6.45) is -3.88. The number of nitrogens with one attached hydrogen (secondary N) is 1. The molecule has 35 heavy (non-hydrogen) atoms. The van der Waals surface area contributed by atoms with E-state index in [1.165, 1.54) is 0 Å². The molecule has 0 aliphatic heterocycles. The van der Waals surface area contributed by atoms with Crippen LogP contribution >= 0.6 is 0 Å². The van der Waals surface area contributed by atoms with Crippen molar-refractivity contribution in [1.82, 2.24) is 5.32 Å². The van der Waals surface area contributed by atoms with Gasteiger partial charge >= 0.3 is 12.7 Å². The fraction of sp³-hybridized carbons (Fsp3) is 0.269. The second kappa shape index (κ2) is 10.8. The van der Waals surface area contributed by atoms with E-state index in [9.17, 15) is 28.2 Å². The topological polar surface area (TPSA) is 88.0 Å². The summed E-state index contributed by atoms with van der Waals surface area (Å²) < 4.78 is 48.2. The summed E-state index contributed by atoms with van der Waals surface area (Å²) in [5, 5.41) is 23.1. The van der Waals surface area contributed by atoms with Crippen LogP contribution in [0.1, 0.15) is 35.1 Å². The van der Waals surface area contributed by atoms with E-state index in [0.717, 1.165) is 34.4 Å². The number of rotatable bonds is 9. The lowest BCUT2D eigenvalue weighted by molar-refractivity contribution is -0.0542. The standard InChI is InChI=1S/C26H24F3NO5/c27-15-9-10-20(23(13-15)35-25(28)29)24(32)22(31)11-12-30-26(33)34-14-21-18-7-3-1-5-16(18)17-6-2-4-8-19(17)21/h1-10,13,21-22,24-25,31-32H,11-12,14H2,(H,30,33). The quantitative estimate of drug-likeness (QED) is 0.406. The summed E-state index contributed by atoms with van der Waals surface area (Å²) in [4.78, 5) is 12.2. The van der Waals surface area contributed by atoms with E-state index < -0.39 is 36.5 Å². The van der Waals surface area contributed by atoms with Gasteiger partial charge in [-0.25, -0.2) is 9.18 Å². The number of alkyl halides is 2. The summed E-state index contributed by atoms with van der Waals surface area (Å²) in [6, 6.07) is 18.6. The number of carbonyl (C=O) groups is 1. The summed E-state index contributed by atoms with van der Waals surface area (Å²) in [5.74, 6) is -1.51. The Hall–Kier alpha value is -3.56. The first-order valence-corrected chi connectivity index (χ1v) is 11.0. The Bertz CT molecular complexity index is 1140. The highest BCUT2D eigenvalue weighted by Gasteiger charge is 2.29. The normalized spacial score (nSPS) is 14.2. The van der Waals surface area contributed by atoms with E-state index in [0.29, 0.717) is 6.07 Å². The van der Waals surface area contributed by atoms with Gasteiger partial charge in [0, 0.05) is 24.1 Å². The predicted molar refractivity (Wildman–Crippen MR) is 122 cm³/mol. The smallest absolute Gasteiger partial charge is 0.407 e. The molecular formula is C26H24F3NO5. The molecule has 3 N–H and O–H groups in total. The molecule has 184 valence electrons. The van der Waals surface area contributed by atoms with Crippen molar-refractivity contribution in [2.24, 2.45) is 0 Å². The van der Waals surface area contributed by atoms with E-state index in [4.69, 9.17) is 4.74 Å². The monoisotopic (exact) mass is 487 g/mol. The van der Waals surface area contributed by atoms with Crippen molar-refractivity contribution in [2.75, 3.05) is 13.2 Å². The summed E-state index contributed by atoms with van der Waals surface area (Å²) >= 11 is 0. The first-order chi connectivity index (χ1) is 16.8. The number of hydrogen-bond acceptors (Lipinski definition) is 5. The molecule has 2 atom stereocenters. The van der Waals surface area contributed by atoms with Gasteiger partial charge in [0.2, 0.25) is 0 Å². The van der Waals surface area contributed by atoms with Gasteiger partial charge in [-0.3, -0.25) is 0 Å². The molecule has 2 unspecified atom stereocenters. The van der Waals surface area contributed by atoms with Gasteiger partial charge in [-0.1, -0.05) is 48.5 Å². The highest BCUT2D eigenvalue weighted by atomic mass is 19.3. The fourth-order valence-corrected chi connectivity index (χ4v) is 4.29. The predicted octanol–water partition coefficient (Wildman–Crippen LogP) is 4.75. The van der Waals surface area contributed by atoms with Crippen molar-refractivity contribution in [3.05, 3.63) is 89.2 Å². The highest BCUT2D eigenvalue weighted by molar-refractivity contribution is 5.79. The maximum absolute atomic E-state index is 13.4. The van der Waals surface area contributed by atoms with Crippen molar-refractivity contribution in [3.8, 4) is 16.9 Å². The molecule has 3 aromatic carbocycles. The van der Waals surface area contributed by atoms with Crippen molar-refractivity contribution in [3.63, 3.8) is 0 Å².